The molecule has 2 aromatic rings. The Kier molecular flexibility index (Phi) is 5.29. The molecule has 2 aliphatic heterocycles. The van der Waals surface area contributed by atoms with Crippen LogP contribution in [-0.4, -0.2) is 53.1 Å². The second kappa shape index (κ2) is 7.83. The molecule has 1 aromatic heterocycles. The van der Waals surface area contributed by atoms with Gasteiger partial charge in [-0.2, -0.15) is 0 Å². The second-order valence-electron chi connectivity index (χ2n) is 8.36. The van der Waals surface area contributed by atoms with E-state index in [2.05, 4.69) is 10.3 Å². The van der Waals surface area contributed by atoms with E-state index in [0.29, 0.717) is 22.8 Å². The zero-order chi connectivity index (χ0) is 23.2. The number of nitrogens with two attached hydrogens (primary N) is 1. The first kappa shape index (κ1) is 21.6. The fourth-order valence-electron chi connectivity index (χ4n) is 3.69. The summed E-state index contributed by atoms with van der Waals surface area (Å²) in [5, 5.41) is 3.00. The van der Waals surface area contributed by atoms with Crippen molar-refractivity contribution in [2.75, 3.05) is 23.4 Å². The van der Waals surface area contributed by atoms with E-state index < -0.39 is 30.0 Å². The zero-order valence-corrected chi connectivity index (χ0v) is 17.8. The van der Waals surface area contributed by atoms with Crippen LogP contribution in [0.2, 0.25) is 0 Å². The number of nitrogens with zero attached hydrogens (tertiary/aromatic N) is 3. The smallest absolute Gasteiger partial charge is 0.284 e. The molecule has 3 N–H and O–H groups in total. The average molecular weight is 447 g/mol. The molecule has 0 radical (unpaired) electrons. The van der Waals surface area contributed by atoms with Gasteiger partial charge in [0, 0.05) is 18.0 Å². The van der Waals surface area contributed by atoms with Crippen molar-refractivity contribution in [2.45, 2.75) is 44.8 Å². The minimum atomic E-state index is -2.74. The Labute approximate surface area is 182 Å². The van der Waals surface area contributed by atoms with Crippen LogP contribution >= 0.6 is 0 Å². The normalized spacial score (nSPS) is 19.9. The van der Waals surface area contributed by atoms with Gasteiger partial charge in [-0.15, -0.1) is 0 Å². The number of hydrogen-bond donors (Lipinski definition) is 2. The minimum Gasteiger partial charge on any atom is -0.490 e. The van der Waals surface area contributed by atoms with Gasteiger partial charge in [0.2, 0.25) is 5.91 Å². The Morgan fingerprint density at radius 2 is 2.12 bits per heavy atom. The van der Waals surface area contributed by atoms with E-state index in [9.17, 15) is 18.4 Å². The topological polar surface area (TPSA) is 112 Å². The highest BCUT2D eigenvalue weighted by molar-refractivity contribution is 5.83. The van der Waals surface area contributed by atoms with Crippen molar-refractivity contribution in [1.82, 2.24) is 9.55 Å². The highest BCUT2D eigenvalue weighted by Crippen LogP contribution is 2.41. The van der Waals surface area contributed by atoms with E-state index >= 15 is 0 Å². The number of nitrogens with one attached hydrogen (secondary N) is 1. The van der Waals surface area contributed by atoms with Crippen LogP contribution in [0.1, 0.15) is 20.8 Å². The number of primary amides is 1. The van der Waals surface area contributed by atoms with Gasteiger partial charge in [0.15, 0.2) is 11.8 Å². The maximum Gasteiger partial charge on any atom is 0.284 e. The molecule has 0 unspecified atom stereocenters. The van der Waals surface area contributed by atoms with Gasteiger partial charge in [-0.25, -0.2) is 18.6 Å². The predicted octanol–water partition coefficient (Wildman–Crippen LogP) is 2.11. The lowest BCUT2D eigenvalue weighted by atomic mass is 10.1. The van der Waals surface area contributed by atoms with Gasteiger partial charge in [0.1, 0.15) is 36.9 Å². The van der Waals surface area contributed by atoms with Gasteiger partial charge < -0.3 is 25.1 Å². The largest absolute Gasteiger partial charge is 0.490 e. The molecule has 0 aliphatic carbocycles. The molecule has 1 fully saturated rings. The number of amides is 1. The van der Waals surface area contributed by atoms with E-state index in [0.717, 1.165) is 4.90 Å². The van der Waals surface area contributed by atoms with Crippen molar-refractivity contribution in [1.29, 1.82) is 0 Å². The van der Waals surface area contributed by atoms with Crippen molar-refractivity contribution in [2.24, 2.45) is 5.73 Å². The predicted molar refractivity (Wildman–Crippen MR) is 112 cm³/mol. The van der Waals surface area contributed by atoms with Crippen LogP contribution in [0.3, 0.4) is 0 Å². The van der Waals surface area contributed by atoms with Gasteiger partial charge in [-0.3, -0.25) is 9.69 Å². The van der Waals surface area contributed by atoms with Gasteiger partial charge in [-0.1, -0.05) is 0 Å². The molecule has 3 heterocycles. The van der Waals surface area contributed by atoms with Crippen molar-refractivity contribution in [3.05, 3.63) is 30.3 Å². The van der Waals surface area contributed by atoms with Crippen LogP contribution in [0.25, 0.3) is 11.4 Å². The van der Waals surface area contributed by atoms with Crippen LogP contribution < -0.4 is 20.7 Å². The first-order valence-electron chi connectivity index (χ1n) is 10.0. The molecule has 2 aliphatic rings. The van der Waals surface area contributed by atoms with Gasteiger partial charge in [0.05, 0.1) is 11.1 Å². The fourth-order valence-corrected chi connectivity index (χ4v) is 3.69. The quantitative estimate of drug-likeness (QED) is 0.675. The average Bonchev–Trinajstić information content (AvgIpc) is 3.34. The van der Waals surface area contributed by atoms with Crippen LogP contribution in [0.15, 0.2) is 30.3 Å². The molecule has 4 rings (SSSR count). The summed E-state index contributed by atoms with van der Waals surface area (Å²) in [4.78, 5) is 28.3. The van der Waals surface area contributed by atoms with Gasteiger partial charge in [-0.05, 0) is 32.9 Å². The summed E-state index contributed by atoms with van der Waals surface area (Å²) in [5.41, 5.74) is 5.99. The Hall–Kier alpha value is -3.59. The molecule has 1 saturated heterocycles. The molecule has 170 valence electrons. The number of halogens is 2. The van der Waals surface area contributed by atoms with Crippen LogP contribution in [0.5, 0.6) is 5.75 Å². The third-order valence-corrected chi connectivity index (χ3v) is 5.52. The molecule has 2 atom stereocenters. The molecule has 32 heavy (non-hydrogen) atoms. The minimum absolute atomic E-state index is 0.159. The monoisotopic (exact) mass is 447 g/mol. The molecule has 0 saturated carbocycles. The van der Waals surface area contributed by atoms with Gasteiger partial charge in [0.25, 0.3) is 12.3 Å². The number of carbonyl (C=O) groups is 1. The molecule has 1 aromatic carbocycles. The molecule has 11 heteroatoms. The first-order valence-corrected chi connectivity index (χ1v) is 10.0. The Morgan fingerprint density at radius 1 is 1.38 bits per heavy atom. The number of imidazole rings is 1. The highest BCUT2D eigenvalue weighted by Gasteiger charge is 2.41. The van der Waals surface area contributed by atoms with Crippen molar-refractivity contribution >= 4 is 23.4 Å². The molecule has 1 amide bonds. The second-order valence-corrected chi connectivity index (χ2v) is 8.36. The summed E-state index contributed by atoms with van der Waals surface area (Å²) in [7, 11) is 0. The summed E-state index contributed by atoms with van der Waals surface area (Å²) in [6, 6.07) is 3.31. The van der Waals surface area contributed by atoms with E-state index in [1.807, 2.05) is 18.4 Å². The summed E-state index contributed by atoms with van der Waals surface area (Å²) >= 11 is 0. The molecular weight excluding hydrogens is 424 g/mol. The Balaban J connectivity index is 1.79. The van der Waals surface area contributed by atoms with Gasteiger partial charge >= 0.3 is 0 Å². The SMILES string of the molecule is C[C@H](Nc1ccc2c(c1)OCC(C)(C)n1cc(N3C(=C=O)OC[C@H]3C(F)F)nc1-2)C(N)=O. The molecule has 0 bridgehead atoms. The van der Waals surface area contributed by atoms with Crippen LogP contribution in [-0.2, 0) is 19.9 Å². The Bertz CT molecular complexity index is 1110. The van der Waals surface area contributed by atoms with Crippen molar-refractivity contribution < 1.29 is 27.8 Å². The maximum absolute atomic E-state index is 13.6. The lowest BCUT2D eigenvalue weighted by Gasteiger charge is -2.25. The number of carbonyl (C=O) groups excluding carboxylic acids is 2. The summed E-state index contributed by atoms with van der Waals surface area (Å²) in [6.07, 6.45) is -1.14. The molecule has 0 spiro atoms. The number of benzene rings is 1. The van der Waals surface area contributed by atoms with Crippen LogP contribution in [0, 0.1) is 0 Å². The number of anilines is 2. The third kappa shape index (κ3) is 3.64. The molecule has 9 nitrogen and oxygen atoms in total. The third-order valence-electron chi connectivity index (χ3n) is 5.52. The lowest BCUT2D eigenvalue weighted by Crippen LogP contribution is -2.36. The zero-order valence-electron chi connectivity index (χ0n) is 17.8. The summed E-state index contributed by atoms with van der Waals surface area (Å²) in [6.45, 7) is 5.42. The highest BCUT2D eigenvalue weighted by atomic mass is 19.3. The number of hydrogen-bond acceptors (Lipinski definition) is 7. The number of aromatic nitrogens is 2. The lowest BCUT2D eigenvalue weighted by molar-refractivity contribution is -0.118. The van der Waals surface area contributed by atoms with E-state index in [1.54, 1.807) is 37.3 Å². The number of rotatable bonds is 5. The maximum atomic E-state index is 13.6. The van der Waals surface area contributed by atoms with Crippen molar-refractivity contribution in [3.63, 3.8) is 0 Å². The van der Waals surface area contributed by atoms with E-state index in [-0.39, 0.29) is 24.9 Å². The van der Waals surface area contributed by atoms with E-state index in [1.165, 1.54) is 0 Å². The van der Waals surface area contributed by atoms with Crippen LogP contribution in [0.4, 0.5) is 20.3 Å². The fraction of sp³-hybridized carbons (Fsp3) is 0.429. The standard InChI is InChI=1S/C21H23F2N5O4/c1-11(19(24)30)25-12-4-5-13-15(6-12)32-10-21(2,3)27-7-16(26-20(13)27)28-14(18(22)23)9-31-17(28)8-29/h4-7,11,14,18,25H,9-10H2,1-3H3,(H2,24,30)/t11-,14-/m0/s1. The Morgan fingerprint density at radius 3 is 2.78 bits per heavy atom. The number of alkyl halides is 2. The van der Waals surface area contributed by atoms with Crippen molar-refractivity contribution in [3.8, 4) is 17.1 Å². The number of ether oxygens (including phenoxy) is 2. The molecular formula is C21H23F2N5O4. The van der Waals surface area contributed by atoms with E-state index in [4.69, 9.17) is 15.2 Å². The summed E-state index contributed by atoms with van der Waals surface area (Å²) in [5.74, 6) is 1.91. The summed E-state index contributed by atoms with van der Waals surface area (Å²) < 4.78 is 40.1. The number of fused-ring (bicyclic) bond motifs is 3. The first-order chi connectivity index (χ1) is 15.1.